The Hall–Kier alpha value is -3.13. The van der Waals surface area contributed by atoms with Crippen molar-refractivity contribution < 1.29 is 14.5 Å². The summed E-state index contributed by atoms with van der Waals surface area (Å²) in [7, 11) is 0. The summed E-state index contributed by atoms with van der Waals surface area (Å²) in [6.07, 6.45) is 3.64. The van der Waals surface area contributed by atoms with Gasteiger partial charge in [0.05, 0.1) is 18.1 Å². The van der Waals surface area contributed by atoms with Gasteiger partial charge in [-0.05, 0) is 43.0 Å². The molecule has 0 aromatic heterocycles. The first-order chi connectivity index (χ1) is 15.1. The minimum Gasteiger partial charge on any atom is -0.378 e. The summed E-state index contributed by atoms with van der Waals surface area (Å²) >= 11 is 0. The Morgan fingerprint density at radius 2 is 1.77 bits per heavy atom. The number of carbonyl (C=O) groups excluding carboxylic acids is 1. The number of hydrogen-bond acceptors (Lipinski definition) is 6. The van der Waals surface area contributed by atoms with Crippen LogP contribution in [0.1, 0.15) is 35.2 Å². The summed E-state index contributed by atoms with van der Waals surface area (Å²) in [5, 5.41) is 14.9. The van der Waals surface area contributed by atoms with Gasteiger partial charge in [0.15, 0.2) is 0 Å². The van der Waals surface area contributed by atoms with E-state index < -0.39 is 4.92 Å². The van der Waals surface area contributed by atoms with Gasteiger partial charge in [-0.15, -0.1) is 0 Å². The maximum atomic E-state index is 12.7. The molecule has 2 fully saturated rings. The molecule has 0 bridgehead atoms. The van der Waals surface area contributed by atoms with E-state index in [4.69, 9.17) is 4.74 Å². The van der Waals surface area contributed by atoms with Gasteiger partial charge in [0.25, 0.3) is 11.6 Å². The number of para-hydroxylation sites is 1. The van der Waals surface area contributed by atoms with Crippen LogP contribution in [0.4, 0.5) is 17.1 Å². The van der Waals surface area contributed by atoms with Gasteiger partial charge in [-0.2, -0.15) is 0 Å². The topological polar surface area (TPSA) is 88.0 Å². The lowest BCUT2D eigenvalue weighted by atomic mass is 10.1. The molecule has 164 valence electrons. The second-order valence-corrected chi connectivity index (χ2v) is 7.92. The molecule has 0 radical (unpaired) electrons. The highest BCUT2D eigenvalue weighted by atomic mass is 16.6. The van der Waals surface area contributed by atoms with Gasteiger partial charge in [-0.1, -0.05) is 18.2 Å². The van der Waals surface area contributed by atoms with Gasteiger partial charge < -0.3 is 19.9 Å². The predicted molar refractivity (Wildman–Crippen MR) is 120 cm³/mol. The average Bonchev–Trinajstić information content (AvgIpc) is 2.83. The molecule has 0 spiro atoms. The SMILES string of the molecule is O=C(c1ccc(NCc2ccccc2N2CCCCC2)c([N+](=O)[O-])c1)N1CCOCC1. The minimum atomic E-state index is -0.436. The fourth-order valence-electron chi connectivity index (χ4n) is 4.21. The summed E-state index contributed by atoms with van der Waals surface area (Å²) in [6.45, 7) is 4.53. The third kappa shape index (κ3) is 4.96. The third-order valence-electron chi connectivity index (χ3n) is 5.90. The molecule has 0 atom stereocenters. The molecule has 2 aromatic rings. The minimum absolute atomic E-state index is 0.0884. The number of ether oxygens (including phenoxy) is 1. The molecule has 2 aromatic carbocycles. The van der Waals surface area contributed by atoms with E-state index in [1.807, 2.05) is 12.1 Å². The zero-order valence-electron chi connectivity index (χ0n) is 17.6. The lowest BCUT2D eigenvalue weighted by molar-refractivity contribution is -0.384. The van der Waals surface area contributed by atoms with E-state index in [2.05, 4.69) is 22.3 Å². The van der Waals surface area contributed by atoms with E-state index in [1.165, 1.54) is 31.0 Å². The molecule has 2 aliphatic heterocycles. The van der Waals surface area contributed by atoms with Crippen LogP contribution in [0.3, 0.4) is 0 Å². The highest BCUT2D eigenvalue weighted by molar-refractivity contribution is 5.95. The van der Waals surface area contributed by atoms with Crippen molar-refractivity contribution in [2.75, 3.05) is 49.6 Å². The second-order valence-electron chi connectivity index (χ2n) is 7.92. The van der Waals surface area contributed by atoms with Gasteiger partial charge in [0.1, 0.15) is 5.69 Å². The quantitative estimate of drug-likeness (QED) is 0.562. The van der Waals surface area contributed by atoms with E-state index in [1.54, 1.807) is 17.0 Å². The lowest BCUT2D eigenvalue weighted by Gasteiger charge is -2.30. The van der Waals surface area contributed by atoms with Gasteiger partial charge in [-0.25, -0.2) is 0 Å². The number of amides is 1. The third-order valence-corrected chi connectivity index (χ3v) is 5.90. The van der Waals surface area contributed by atoms with Gasteiger partial charge in [-0.3, -0.25) is 14.9 Å². The van der Waals surface area contributed by atoms with Gasteiger partial charge in [0.2, 0.25) is 0 Å². The molecule has 0 aliphatic carbocycles. The van der Waals surface area contributed by atoms with Crippen LogP contribution in [-0.4, -0.2) is 55.1 Å². The molecule has 1 amide bonds. The normalized spacial score (nSPS) is 16.8. The molecule has 8 heteroatoms. The number of benzene rings is 2. The van der Waals surface area contributed by atoms with Crippen molar-refractivity contribution in [3.63, 3.8) is 0 Å². The lowest BCUT2D eigenvalue weighted by Crippen LogP contribution is -2.40. The fourth-order valence-corrected chi connectivity index (χ4v) is 4.21. The van der Waals surface area contributed by atoms with Crippen molar-refractivity contribution in [2.45, 2.75) is 25.8 Å². The summed E-state index contributed by atoms with van der Waals surface area (Å²) in [4.78, 5) is 28.0. The van der Waals surface area contributed by atoms with Crippen molar-refractivity contribution >= 4 is 23.0 Å². The van der Waals surface area contributed by atoms with Crippen LogP contribution in [0.5, 0.6) is 0 Å². The first kappa shape index (κ1) is 21.1. The zero-order chi connectivity index (χ0) is 21.6. The summed E-state index contributed by atoms with van der Waals surface area (Å²) in [5.41, 5.74) is 2.93. The molecular formula is C23H28N4O4. The molecule has 2 saturated heterocycles. The van der Waals surface area contributed by atoms with E-state index in [9.17, 15) is 14.9 Å². The highest BCUT2D eigenvalue weighted by Gasteiger charge is 2.23. The predicted octanol–water partition coefficient (Wildman–Crippen LogP) is 3.67. The number of nitro groups is 1. The molecule has 4 rings (SSSR count). The van der Waals surface area contributed by atoms with Gasteiger partial charge in [0, 0.05) is 50.0 Å². The Balaban J connectivity index is 1.51. The van der Waals surface area contributed by atoms with Crippen LogP contribution in [0.2, 0.25) is 0 Å². The molecule has 2 heterocycles. The number of carbonyl (C=O) groups is 1. The van der Waals surface area contributed by atoms with Crippen molar-refractivity contribution in [2.24, 2.45) is 0 Å². The largest absolute Gasteiger partial charge is 0.378 e. The Morgan fingerprint density at radius 1 is 1.03 bits per heavy atom. The highest BCUT2D eigenvalue weighted by Crippen LogP contribution is 2.29. The molecular weight excluding hydrogens is 396 g/mol. The van der Waals surface area contributed by atoms with Crippen LogP contribution in [0.15, 0.2) is 42.5 Å². The van der Waals surface area contributed by atoms with Crippen LogP contribution in [0.25, 0.3) is 0 Å². The number of anilines is 2. The number of nitro benzene ring substituents is 1. The molecule has 31 heavy (non-hydrogen) atoms. The van der Waals surface area contributed by atoms with Gasteiger partial charge >= 0.3 is 0 Å². The molecule has 1 N–H and O–H groups in total. The molecule has 8 nitrogen and oxygen atoms in total. The molecule has 0 unspecified atom stereocenters. The maximum absolute atomic E-state index is 12.7. The van der Waals surface area contributed by atoms with E-state index in [0.29, 0.717) is 44.1 Å². The second kappa shape index (κ2) is 9.78. The van der Waals surface area contributed by atoms with Crippen LogP contribution in [-0.2, 0) is 11.3 Å². The summed E-state index contributed by atoms with van der Waals surface area (Å²) in [6, 6.07) is 12.8. The van der Waals surface area contributed by atoms with Crippen molar-refractivity contribution in [1.82, 2.24) is 4.90 Å². The first-order valence-electron chi connectivity index (χ1n) is 10.9. The molecule has 2 aliphatic rings. The summed E-state index contributed by atoms with van der Waals surface area (Å²) < 4.78 is 5.28. The number of morpholine rings is 1. The number of nitrogens with zero attached hydrogens (tertiary/aromatic N) is 3. The van der Waals surface area contributed by atoms with E-state index in [-0.39, 0.29) is 11.6 Å². The number of rotatable bonds is 6. The number of piperidine rings is 1. The Labute approximate surface area is 181 Å². The zero-order valence-corrected chi connectivity index (χ0v) is 17.6. The average molecular weight is 425 g/mol. The monoisotopic (exact) mass is 424 g/mol. The first-order valence-corrected chi connectivity index (χ1v) is 10.9. The van der Waals surface area contributed by atoms with Crippen molar-refractivity contribution in [3.8, 4) is 0 Å². The Morgan fingerprint density at radius 3 is 2.52 bits per heavy atom. The maximum Gasteiger partial charge on any atom is 0.293 e. The van der Waals surface area contributed by atoms with Crippen LogP contribution >= 0.6 is 0 Å². The number of nitrogens with one attached hydrogen (secondary N) is 1. The van der Waals surface area contributed by atoms with Crippen molar-refractivity contribution in [1.29, 1.82) is 0 Å². The Bertz CT molecular complexity index is 937. The van der Waals surface area contributed by atoms with Crippen LogP contribution < -0.4 is 10.2 Å². The smallest absolute Gasteiger partial charge is 0.293 e. The van der Waals surface area contributed by atoms with E-state index >= 15 is 0 Å². The molecule has 0 saturated carbocycles. The van der Waals surface area contributed by atoms with Crippen LogP contribution in [0, 0.1) is 10.1 Å². The summed E-state index contributed by atoms with van der Waals surface area (Å²) in [5.74, 6) is -0.201. The fraction of sp³-hybridized carbons (Fsp3) is 0.435. The Kier molecular flexibility index (Phi) is 6.66. The number of hydrogen-bond donors (Lipinski definition) is 1. The standard InChI is InChI=1S/C23H28N4O4/c28-23(26-12-14-31-15-13-26)18-8-9-20(22(16-18)27(29)30)24-17-19-6-2-3-7-21(19)25-10-4-1-5-11-25/h2-3,6-9,16,24H,1,4-5,10-15,17H2. The van der Waals surface area contributed by atoms with Crippen molar-refractivity contribution in [3.05, 3.63) is 63.7 Å². The van der Waals surface area contributed by atoms with E-state index in [0.717, 1.165) is 18.7 Å².